The molecule has 0 bridgehead atoms. The minimum atomic E-state index is 0.0241. The molecule has 1 saturated heterocycles. The topological polar surface area (TPSA) is 82.2 Å². The Bertz CT molecular complexity index is 932. The Labute approximate surface area is 160 Å². The number of benzene rings is 2. The average Bonchev–Trinajstić information content (AvgIpc) is 2.66. The van der Waals surface area contributed by atoms with Gasteiger partial charge in [-0.25, -0.2) is 0 Å². The van der Waals surface area contributed by atoms with E-state index in [9.17, 15) is 4.79 Å². The van der Waals surface area contributed by atoms with Crippen molar-refractivity contribution in [3.05, 3.63) is 76.0 Å². The van der Waals surface area contributed by atoms with Gasteiger partial charge in [0.2, 0.25) is 0 Å². The molecule has 2 aromatic carbocycles. The van der Waals surface area contributed by atoms with Gasteiger partial charge in [-0.15, -0.1) is 0 Å². The number of likely N-dealkylation sites (tertiary alicyclic amines) is 1. The molecule has 1 heterocycles. The molecule has 3 N–H and O–H groups in total. The number of allylic oxidation sites excluding steroid dienone is 1. The molecule has 5 heteroatoms. The molecule has 5 nitrogen and oxygen atoms in total. The predicted octanol–water partition coefficient (Wildman–Crippen LogP) is 2.97. The number of hydrogen-bond donors (Lipinski definition) is 2. The van der Waals surface area contributed by atoms with Gasteiger partial charge in [-0.2, -0.15) is 5.26 Å². The molecule has 0 radical (unpaired) electrons. The first kappa shape index (κ1) is 18.5. The SMILES string of the molecule is CN/C(C)=C(\N)c1cc(C(=O)N2CC(c3ccc(C#N)cc3)C2)ccc1C. The van der Waals surface area contributed by atoms with E-state index in [1.807, 2.05) is 68.3 Å². The lowest BCUT2D eigenvalue weighted by Crippen LogP contribution is -2.48. The molecule has 1 aliphatic rings. The molecule has 0 saturated carbocycles. The van der Waals surface area contributed by atoms with Crippen molar-refractivity contribution >= 4 is 11.6 Å². The molecule has 0 spiro atoms. The zero-order valence-corrected chi connectivity index (χ0v) is 15.9. The Morgan fingerprint density at radius 3 is 2.48 bits per heavy atom. The lowest BCUT2D eigenvalue weighted by molar-refractivity contribution is 0.0602. The number of carbonyl (C=O) groups excluding carboxylic acids is 1. The highest BCUT2D eigenvalue weighted by molar-refractivity contribution is 5.96. The van der Waals surface area contributed by atoms with Gasteiger partial charge in [-0.3, -0.25) is 4.79 Å². The summed E-state index contributed by atoms with van der Waals surface area (Å²) in [6, 6.07) is 15.4. The summed E-state index contributed by atoms with van der Waals surface area (Å²) < 4.78 is 0. The zero-order valence-electron chi connectivity index (χ0n) is 15.9. The summed E-state index contributed by atoms with van der Waals surface area (Å²) >= 11 is 0. The Balaban J connectivity index is 1.73. The summed E-state index contributed by atoms with van der Waals surface area (Å²) in [6.07, 6.45) is 0. The lowest BCUT2D eigenvalue weighted by Gasteiger charge is -2.39. The molecule has 0 unspecified atom stereocenters. The van der Waals surface area contributed by atoms with Crippen LogP contribution in [0.1, 0.15) is 45.5 Å². The predicted molar refractivity (Wildman–Crippen MR) is 107 cm³/mol. The molecule has 1 fully saturated rings. The number of rotatable bonds is 4. The normalized spacial score (nSPS) is 14.8. The molecule has 0 atom stereocenters. The molecule has 1 amide bonds. The van der Waals surface area contributed by atoms with Crippen LogP contribution in [0.15, 0.2) is 48.2 Å². The summed E-state index contributed by atoms with van der Waals surface area (Å²) in [5, 5.41) is 11.9. The van der Waals surface area contributed by atoms with Gasteiger partial charge in [0.15, 0.2) is 0 Å². The summed E-state index contributed by atoms with van der Waals surface area (Å²) in [7, 11) is 1.83. The summed E-state index contributed by atoms with van der Waals surface area (Å²) in [6.45, 7) is 5.29. The molecule has 27 heavy (non-hydrogen) atoms. The lowest BCUT2D eigenvalue weighted by atomic mass is 9.90. The molecule has 3 rings (SSSR count). The van der Waals surface area contributed by atoms with Crippen molar-refractivity contribution in [1.82, 2.24) is 10.2 Å². The highest BCUT2D eigenvalue weighted by atomic mass is 16.2. The van der Waals surface area contributed by atoms with E-state index < -0.39 is 0 Å². The smallest absolute Gasteiger partial charge is 0.253 e. The maximum atomic E-state index is 12.8. The second kappa shape index (κ2) is 7.55. The van der Waals surface area contributed by atoms with Crippen molar-refractivity contribution in [3.63, 3.8) is 0 Å². The Morgan fingerprint density at radius 1 is 1.22 bits per heavy atom. The number of hydrogen-bond acceptors (Lipinski definition) is 4. The van der Waals surface area contributed by atoms with Crippen LogP contribution in [0.4, 0.5) is 0 Å². The standard InChI is InChI=1S/C22H24N4O/c1-14-4-7-18(10-20(14)21(24)15(2)25-3)22(27)26-12-19(13-26)17-8-5-16(11-23)6-9-17/h4-10,19,25H,12-13,24H2,1-3H3/b21-15-. The van der Waals surface area contributed by atoms with Crippen molar-refractivity contribution in [2.24, 2.45) is 5.73 Å². The van der Waals surface area contributed by atoms with Gasteiger partial charge in [0.1, 0.15) is 0 Å². The Morgan fingerprint density at radius 2 is 1.89 bits per heavy atom. The number of amides is 1. The zero-order chi connectivity index (χ0) is 19.6. The number of nitriles is 1. The second-order valence-corrected chi connectivity index (χ2v) is 6.96. The Kier molecular flexibility index (Phi) is 5.18. The van der Waals surface area contributed by atoms with Crippen molar-refractivity contribution < 1.29 is 4.79 Å². The van der Waals surface area contributed by atoms with Gasteiger partial charge < -0.3 is 16.0 Å². The third kappa shape index (κ3) is 3.65. The molecule has 1 aliphatic heterocycles. The summed E-state index contributed by atoms with van der Waals surface area (Å²) in [4.78, 5) is 14.7. The third-order valence-electron chi connectivity index (χ3n) is 5.23. The largest absolute Gasteiger partial charge is 0.397 e. The molecular weight excluding hydrogens is 336 g/mol. The van der Waals surface area contributed by atoms with Crippen molar-refractivity contribution in [2.75, 3.05) is 20.1 Å². The molecule has 138 valence electrons. The van der Waals surface area contributed by atoms with Gasteiger partial charge in [-0.1, -0.05) is 18.2 Å². The second-order valence-electron chi connectivity index (χ2n) is 6.96. The summed E-state index contributed by atoms with van der Waals surface area (Å²) in [5.74, 6) is 0.346. The number of aryl methyl sites for hydroxylation is 1. The van der Waals surface area contributed by atoms with E-state index >= 15 is 0 Å². The van der Waals surface area contributed by atoms with Crippen LogP contribution >= 0.6 is 0 Å². The number of nitrogens with zero attached hydrogens (tertiary/aromatic N) is 2. The average molecular weight is 360 g/mol. The van der Waals surface area contributed by atoms with Crippen LogP contribution in [-0.4, -0.2) is 30.9 Å². The van der Waals surface area contributed by atoms with E-state index in [0.717, 1.165) is 16.8 Å². The van der Waals surface area contributed by atoms with E-state index in [-0.39, 0.29) is 5.91 Å². The maximum Gasteiger partial charge on any atom is 0.253 e. The number of nitrogens with one attached hydrogen (secondary N) is 1. The van der Waals surface area contributed by atoms with Crippen LogP contribution in [0.25, 0.3) is 5.70 Å². The van der Waals surface area contributed by atoms with Gasteiger partial charge in [0, 0.05) is 42.9 Å². The van der Waals surface area contributed by atoms with E-state index in [1.165, 1.54) is 5.56 Å². The van der Waals surface area contributed by atoms with Crippen LogP contribution in [0.2, 0.25) is 0 Å². The van der Waals surface area contributed by atoms with Crippen molar-refractivity contribution in [3.8, 4) is 6.07 Å². The fourth-order valence-electron chi connectivity index (χ4n) is 3.25. The fraction of sp³-hybridized carbons (Fsp3) is 0.273. The van der Waals surface area contributed by atoms with Gasteiger partial charge in [0.25, 0.3) is 5.91 Å². The van der Waals surface area contributed by atoms with Crippen LogP contribution < -0.4 is 11.1 Å². The van der Waals surface area contributed by atoms with Crippen molar-refractivity contribution in [1.29, 1.82) is 5.26 Å². The van der Waals surface area contributed by atoms with Crippen molar-refractivity contribution in [2.45, 2.75) is 19.8 Å². The van der Waals surface area contributed by atoms with E-state index in [4.69, 9.17) is 11.0 Å². The van der Waals surface area contributed by atoms with Crippen LogP contribution in [0, 0.1) is 18.3 Å². The number of nitrogens with two attached hydrogens (primary N) is 1. The minimum Gasteiger partial charge on any atom is -0.397 e. The first-order valence-corrected chi connectivity index (χ1v) is 8.99. The maximum absolute atomic E-state index is 12.8. The first-order chi connectivity index (χ1) is 12.9. The highest BCUT2D eigenvalue weighted by Crippen LogP contribution is 2.29. The quantitative estimate of drug-likeness (QED) is 0.878. The molecule has 2 aromatic rings. The van der Waals surface area contributed by atoms with Gasteiger partial charge in [-0.05, 0) is 49.2 Å². The fourth-order valence-corrected chi connectivity index (χ4v) is 3.25. The third-order valence-corrected chi connectivity index (χ3v) is 5.23. The first-order valence-electron chi connectivity index (χ1n) is 8.99. The Hall–Kier alpha value is -3.26. The van der Waals surface area contributed by atoms with Crippen LogP contribution in [0.5, 0.6) is 0 Å². The van der Waals surface area contributed by atoms with Crippen LogP contribution in [0.3, 0.4) is 0 Å². The van der Waals surface area contributed by atoms with E-state index in [0.29, 0.717) is 35.8 Å². The molecular formula is C22H24N4O. The van der Waals surface area contributed by atoms with Gasteiger partial charge in [0.05, 0.1) is 17.3 Å². The summed E-state index contributed by atoms with van der Waals surface area (Å²) in [5.41, 5.74) is 12.2. The minimum absolute atomic E-state index is 0.0241. The molecule has 0 aliphatic carbocycles. The van der Waals surface area contributed by atoms with E-state index in [1.54, 1.807) is 0 Å². The van der Waals surface area contributed by atoms with Crippen LogP contribution in [-0.2, 0) is 0 Å². The van der Waals surface area contributed by atoms with E-state index in [2.05, 4.69) is 11.4 Å². The highest BCUT2D eigenvalue weighted by Gasteiger charge is 2.32. The van der Waals surface area contributed by atoms with Gasteiger partial charge >= 0.3 is 0 Å². The number of carbonyl (C=O) groups is 1. The molecule has 0 aromatic heterocycles. The monoisotopic (exact) mass is 360 g/mol.